The van der Waals surface area contributed by atoms with E-state index in [9.17, 15) is 4.79 Å². The third-order valence-electron chi connectivity index (χ3n) is 7.13. The van der Waals surface area contributed by atoms with E-state index in [1.165, 1.54) is 11.1 Å². The standard InChI is InChI=1S/C28H35N7O/c36-26-15-8-17-33(26)18-9-19-35-28(29-30-31-35)27(25-13-5-2-6-14-25)34-22-20-32(21-23-34)16-7-12-24-10-3-1-4-11-24/h1-7,10-14,27H,8-9,15-23H2. The van der Waals surface area contributed by atoms with Gasteiger partial charge in [-0.1, -0.05) is 72.8 Å². The largest absolute Gasteiger partial charge is 0.343 e. The maximum atomic E-state index is 12.0. The van der Waals surface area contributed by atoms with Crippen molar-refractivity contribution in [2.75, 3.05) is 45.8 Å². The second kappa shape index (κ2) is 12.1. The molecule has 0 N–H and O–H groups in total. The predicted octanol–water partition coefficient (Wildman–Crippen LogP) is 3.11. The molecule has 3 aromatic rings. The summed E-state index contributed by atoms with van der Waals surface area (Å²) in [5, 5.41) is 12.9. The fourth-order valence-corrected chi connectivity index (χ4v) is 5.18. The fourth-order valence-electron chi connectivity index (χ4n) is 5.18. The highest BCUT2D eigenvalue weighted by molar-refractivity contribution is 5.77. The lowest BCUT2D eigenvalue weighted by Crippen LogP contribution is -2.48. The summed E-state index contributed by atoms with van der Waals surface area (Å²) in [4.78, 5) is 18.9. The predicted molar refractivity (Wildman–Crippen MR) is 140 cm³/mol. The molecular formula is C28H35N7O. The third-order valence-corrected chi connectivity index (χ3v) is 7.13. The van der Waals surface area contributed by atoms with Crippen LogP contribution in [-0.4, -0.2) is 86.6 Å². The van der Waals surface area contributed by atoms with E-state index < -0.39 is 0 Å². The van der Waals surface area contributed by atoms with Crippen LogP contribution in [0.3, 0.4) is 0 Å². The summed E-state index contributed by atoms with van der Waals surface area (Å²) >= 11 is 0. The number of likely N-dealkylation sites (tertiary alicyclic amines) is 1. The second-order valence-electron chi connectivity index (χ2n) is 9.56. The zero-order valence-electron chi connectivity index (χ0n) is 20.8. The van der Waals surface area contributed by atoms with Crippen molar-refractivity contribution in [3.8, 4) is 0 Å². The first-order chi connectivity index (χ1) is 17.8. The number of hydrogen-bond acceptors (Lipinski definition) is 6. The molecule has 3 heterocycles. The Balaban J connectivity index is 1.23. The summed E-state index contributed by atoms with van der Waals surface area (Å²) in [7, 11) is 0. The zero-order chi connectivity index (χ0) is 24.6. The summed E-state index contributed by atoms with van der Waals surface area (Å²) in [6.45, 7) is 7.21. The molecule has 2 aromatic carbocycles. The molecule has 1 amide bonds. The number of carbonyl (C=O) groups excluding carboxylic acids is 1. The van der Waals surface area contributed by atoms with Crippen LogP contribution in [0.1, 0.15) is 42.3 Å². The van der Waals surface area contributed by atoms with Crippen molar-refractivity contribution < 1.29 is 4.79 Å². The van der Waals surface area contributed by atoms with E-state index in [-0.39, 0.29) is 11.9 Å². The van der Waals surface area contributed by atoms with Gasteiger partial charge in [0.15, 0.2) is 5.82 Å². The lowest BCUT2D eigenvalue weighted by atomic mass is 10.0. The van der Waals surface area contributed by atoms with Gasteiger partial charge in [-0.05, 0) is 34.4 Å². The molecule has 2 aliphatic rings. The quantitative estimate of drug-likeness (QED) is 0.440. The summed E-state index contributed by atoms with van der Waals surface area (Å²) in [5.74, 6) is 1.15. The van der Waals surface area contributed by atoms with Crippen LogP contribution < -0.4 is 0 Å². The van der Waals surface area contributed by atoms with Crippen LogP contribution in [0.25, 0.3) is 6.08 Å². The lowest BCUT2D eigenvalue weighted by Gasteiger charge is -2.38. The number of aryl methyl sites for hydroxylation is 1. The van der Waals surface area contributed by atoms with Gasteiger partial charge in [0.1, 0.15) is 0 Å². The Morgan fingerprint density at radius 3 is 2.36 bits per heavy atom. The molecule has 1 aromatic heterocycles. The van der Waals surface area contributed by atoms with Crippen molar-refractivity contribution in [3.05, 3.63) is 83.7 Å². The van der Waals surface area contributed by atoms with Crippen molar-refractivity contribution >= 4 is 12.0 Å². The molecule has 8 nitrogen and oxygen atoms in total. The second-order valence-corrected chi connectivity index (χ2v) is 9.56. The molecule has 0 aliphatic carbocycles. The molecular weight excluding hydrogens is 450 g/mol. The average Bonchev–Trinajstić information content (AvgIpc) is 3.55. The molecule has 0 saturated carbocycles. The van der Waals surface area contributed by atoms with Gasteiger partial charge < -0.3 is 4.90 Å². The van der Waals surface area contributed by atoms with Crippen LogP contribution in [0, 0.1) is 0 Å². The van der Waals surface area contributed by atoms with E-state index in [0.29, 0.717) is 13.0 Å². The average molecular weight is 486 g/mol. The number of aromatic nitrogens is 4. The van der Waals surface area contributed by atoms with E-state index in [4.69, 9.17) is 0 Å². The number of rotatable bonds is 10. The van der Waals surface area contributed by atoms with Gasteiger partial charge >= 0.3 is 0 Å². The zero-order valence-corrected chi connectivity index (χ0v) is 20.8. The van der Waals surface area contributed by atoms with Gasteiger partial charge in [0.25, 0.3) is 0 Å². The molecule has 2 aliphatic heterocycles. The van der Waals surface area contributed by atoms with Crippen molar-refractivity contribution in [3.63, 3.8) is 0 Å². The van der Waals surface area contributed by atoms with Crippen LogP contribution >= 0.6 is 0 Å². The Labute approximate surface area is 213 Å². The molecule has 1 atom stereocenters. The van der Waals surface area contributed by atoms with E-state index >= 15 is 0 Å². The van der Waals surface area contributed by atoms with Crippen molar-refractivity contribution in [2.24, 2.45) is 0 Å². The monoisotopic (exact) mass is 485 g/mol. The van der Waals surface area contributed by atoms with Crippen LogP contribution in [0.2, 0.25) is 0 Å². The smallest absolute Gasteiger partial charge is 0.222 e. The molecule has 2 fully saturated rings. The number of amides is 1. The van der Waals surface area contributed by atoms with Gasteiger partial charge in [0, 0.05) is 58.8 Å². The Kier molecular flexibility index (Phi) is 8.15. The van der Waals surface area contributed by atoms with Crippen LogP contribution in [0.15, 0.2) is 66.7 Å². The van der Waals surface area contributed by atoms with Crippen LogP contribution in [-0.2, 0) is 11.3 Å². The molecule has 0 bridgehead atoms. The third kappa shape index (κ3) is 6.06. The van der Waals surface area contributed by atoms with E-state index in [1.807, 2.05) is 21.7 Å². The number of hydrogen-bond donors (Lipinski definition) is 0. The molecule has 5 rings (SSSR count). The van der Waals surface area contributed by atoms with Gasteiger partial charge in [0.05, 0.1) is 6.04 Å². The SMILES string of the molecule is O=C1CCCN1CCCn1nnnc1C(c1ccccc1)N1CCN(CC=Cc2ccccc2)CC1. The van der Waals surface area contributed by atoms with E-state index in [1.54, 1.807) is 0 Å². The number of nitrogens with zero attached hydrogens (tertiary/aromatic N) is 7. The molecule has 0 spiro atoms. The minimum atomic E-state index is 0.0108. The Morgan fingerprint density at radius 1 is 0.889 bits per heavy atom. The molecule has 36 heavy (non-hydrogen) atoms. The number of tetrazole rings is 1. The summed E-state index contributed by atoms with van der Waals surface area (Å²) in [5.41, 5.74) is 2.45. The lowest BCUT2D eigenvalue weighted by molar-refractivity contribution is -0.127. The Bertz CT molecular complexity index is 1120. The minimum absolute atomic E-state index is 0.0108. The summed E-state index contributed by atoms with van der Waals surface area (Å²) < 4.78 is 1.94. The van der Waals surface area contributed by atoms with Crippen LogP contribution in [0.5, 0.6) is 0 Å². The van der Waals surface area contributed by atoms with E-state index in [0.717, 1.165) is 64.5 Å². The van der Waals surface area contributed by atoms with Gasteiger partial charge in [-0.15, -0.1) is 5.10 Å². The molecule has 188 valence electrons. The normalized spacial score (nSPS) is 18.3. The highest BCUT2D eigenvalue weighted by Gasteiger charge is 2.30. The molecule has 0 radical (unpaired) electrons. The van der Waals surface area contributed by atoms with Gasteiger partial charge in [0.2, 0.25) is 5.91 Å². The fraction of sp³-hybridized carbons (Fsp3) is 0.429. The Morgan fingerprint density at radius 2 is 1.64 bits per heavy atom. The first kappa shape index (κ1) is 24.3. The minimum Gasteiger partial charge on any atom is -0.343 e. The maximum absolute atomic E-state index is 12.0. The number of piperazine rings is 1. The highest BCUT2D eigenvalue weighted by Crippen LogP contribution is 2.28. The number of carbonyl (C=O) groups is 1. The molecule has 8 heteroatoms. The number of benzene rings is 2. The highest BCUT2D eigenvalue weighted by atomic mass is 16.2. The topological polar surface area (TPSA) is 70.4 Å². The first-order valence-electron chi connectivity index (χ1n) is 13.0. The summed E-state index contributed by atoms with van der Waals surface area (Å²) in [6, 6.07) is 21.0. The van der Waals surface area contributed by atoms with Gasteiger partial charge in [-0.3, -0.25) is 14.6 Å². The van der Waals surface area contributed by atoms with Crippen molar-refractivity contribution in [1.82, 2.24) is 34.9 Å². The van der Waals surface area contributed by atoms with Crippen LogP contribution in [0.4, 0.5) is 0 Å². The van der Waals surface area contributed by atoms with Gasteiger partial charge in [-0.25, -0.2) is 4.68 Å². The van der Waals surface area contributed by atoms with E-state index in [2.05, 4.69) is 86.0 Å². The molecule has 2 saturated heterocycles. The van der Waals surface area contributed by atoms with Crippen molar-refractivity contribution in [1.29, 1.82) is 0 Å². The Hall–Kier alpha value is -3.36. The summed E-state index contributed by atoms with van der Waals surface area (Å²) in [6.07, 6.45) is 6.96. The maximum Gasteiger partial charge on any atom is 0.222 e. The van der Waals surface area contributed by atoms with Gasteiger partial charge in [-0.2, -0.15) is 0 Å². The molecule has 1 unspecified atom stereocenters. The van der Waals surface area contributed by atoms with Crippen molar-refractivity contribution in [2.45, 2.75) is 31.8 Å². The first-order valence-corrected chi connectivity index (χ1v) is 13.0.